The normalized spacial score (nSPS) is 16.7. The van der Waals surface area contributed by atoms with E-state index in [1.54, 1.807) is 24.3 Å². The second kappa shape index (κ2) is 10.6. The van der Waals surface area contributed by atoms with Gasteiger partial charge in [-0.3, -0.25) is 19.6 Å². The van der Waals surface area contributed by atoms with Crippen molar-refractivity contribution in [2.75, 3.05) is 36.8 Å². The molecule has 0 unspecified atom stereocenters. The molecule has 9 heteroatoms. The molecule has 0 bridgehead atoms. The molecule has 2 aliphatic heterocycles. The summed E-state index contributed by atoms with van der Waals surface area (Å²) in [6.45, 7) is 3.95. The molecule has 1 fully saturated rings. The van der Waals surface area contributed by atoms with Gasteiger partial charge in [0, 0.05) is 42.1 Å². The fourth-order valence-electron chi connectivity index (χ4n) is 3.94. The minimum atomic E-state index is -0.232. The fraction of sp³-hybridized carbons (Fsp3) is 0.476. The average Bonchev–Trinajstić information content (AvgIpc) is 3.00. The number of carbonyl (C=O) groups is 2. The van der Waals surface area contributed by atoms with Gasteiger partial charge in [-0.25, -0.2) is 0 Å². The first kappa shape index (κ1) is 22.3. The molecule has 0 atom stereocenters. The number of amides is 2. The van der Waals surface area contributed by atoms with E-state index in [2.05, 4.69) is 31.0 Å². The Hall–Kier alpha value is -2.42. The van der Waals surface area contributed by atoms with Crippen molar-refractivity contribution >= 4 is 35.6 Å². The van der Waals surface area contributed by atoms with Crippen molar-refractivity contribution in [3.8, 4) is 0 Å². The standard InChI is InChI=1S/C21H28N6O2.ClH/c28-19(14-27-11-3-1-2-4-12-27)23-15-5-7-16(8-6-15)24-21(29)20-17-13-22-10-9-18(17)25-26-20;/h5-8,22H,1-4,9-14H2,(H,23,28)(H,24,29)(H,25,26);1H. The van der Waals surface area contributed by atoms with Crippen LogP contribution < -0.4 is 16.0 Å². The Balaban J connectivity index is 0.00000256. The van der Waals surface area contributed by atoms with Crippen LogP contribution in [0.25, 0.3) is 0 Å². The first-order valence-corrected chi connectivity index (χ1v) is 10.4. The van der Waals surface area contributed by atoms with Crippen LogP contribution in [-0.2, 0) is 17.8 Å². The van der Waals surface area contributed by atoms with Gasteiger partial charge >= 0.3 is 0 Å². The number of nitrogens with zero attached hydrogens (tertiary/aromatic N) is 2. The van der Waals surface area contributed by atoms with E-state index in [0.29, 0.717) is 24.5 Å². The topological polar surface area (TPSA) is 102 Å². The molecule has 162 valence electrons. The van der Waals surface area contributed by atoms with Gasteiger partial charge in [0.2, 0.25) is 5.91 Å². The molecule has 0 aliphatic carbocycles. The summed E-state index contributed by atoms with van der Waals surface area (Å²) >= 11 is 0. The molecule has 1 saturated heterocycles. The fourth-order valence-corrected chi connectivity index (χ4v) is 3.94. The molecule has 2 aliphatic rings. The van der Waals surface area contributed by atoms with Crippen molar-refractivity contribution in [2.24, 2.45) is 0 Å². The molecular formula is C21H29ClN6O2. The first-order chi connectivity index (χ1) is 14.2. The average molecular weight is 433 g/mol. The lowest BCUT2D eigenvalue weighted by Gasteiger charge is -2.19. The number of aromatic nitrogens is 2. The van der Waals surface area contributed by atoms with E-state index in [9.17, 15) is 9.59 Å². The van der Waals surface area contributed by atoms with E-state index >= 15 is 0 Å². The number of likely N-dealkylation sites (tertiary alicyclic amines) is 1. The van der Waals surface area contributed by atoms with Crippen LogP contribution in [0.3, 0.4) is 0 Å². The molecule has 4 rings (SSSR count). The molecule has 30 heavy (non-hydrogen) atoms. The zero-order chi connectivity index (χ0) is 20.1. The number of fused-ring (bicyclic) bond motifs is 1. The van der Waals surface area contributed by atoms with E-state index < -0.39 is 0 Å². The number of carbonyl (C=O) groups excluding carboxylic acids is 2. The molecule has 0 radical (unpaired) electrons. The molecule has 4 N–H and O–H groups in total. The summed E-state index contributed by atoms with van der Waals surface area (Å²) in [5.41, 5.74) is 3.79. The lowest BCUT2D eigenvalue weighted by Crippen LogP contribution is -2.33. The maximum absolute atomic E-state index is 12.6. The quantitative estimate of drug-likeness (QED) is 0.581. The van der Waals surface area contributed by atoms with Crippen LogP contribution in [-0.4, -0.2) is 53.1 Å². The summed E-state index contributed by atoms with van der Waals surface area (Å²) in [5, 5.41) is 16.2. The van der Waals surface area contributed by atoms with Gasteiger partial charge in [-0.15, -0.1) is 12.4 Å². The first-order valence-electron chi connectivity index (χ1n) is 10.4. The van der Waals surface area contributed by atoms with Crippen molar-refractivity contribution in [2.45, 2.75) is 38.6 Å². The van der Waals surface area contributed by atoms with E-state index in [4.69, 9.17) is 0 Å². The number of anilines is 2. The molecular weight excluding hydrogens is 404 g/mol. The smallest absolute Gasteiger partial charge is 0.276 e. The van der Waals surface area contributed by atoms with Crippen LogP contribution in [0.2, 0.25) is 0 Å². The Kier molecular flexibility index (Phi) is 7.84. The minimum absolute atomic E-state index is 0. The van der Waals surface area contributed by atoms with Crippen LogP contribution in [0.4, 0.5) is 11.4 Å². The summed E-state index contributed by atoms with van der Waals surface area (Å²) < 4.78 is 0. The summed E-state index contributed by atoms with van der Waals surface area (Å²) in [7, 11) is 0. The number of benzene rings is 1. The molecule has 3 heterocycles. The number of nitrogens with one attached hydrogen (secondary N) is 4. The lowest BCUT2D eigenvalue weighted by atomic mass is 10.1. The van der Waals surface area contributed by atoms with Gasteiger partial charge in [0.1, 0.15) is 0 Å². The van der Waals surface area contributed by atoms with Crippen molar-refractivity contribution in [1.82, 2.24) is 20.4 Å². The Bertz CT molecular complexity index is 859. The second-order valence-corrected chi connectivity index (χ2v) is 7.73. The van der Waals surface area contributed by atoms with Crippen molar-refractivity contribution in [1.29, 1.82) is 0 Å². The largest absolute Gasteiger partial charge is 0.325 e. The molecule has 1 aromatic carbocycles. The third-order valence-corrected chi connectivity index (χ3v) is 5.51. The van der Waals surface area contributed by atoms with Gasteiger partial charge < -0.3 is 16.0 Å². The predicted molar refractivity (Wildman–Crippen MR) is 119 cm³/mol. The van der Waals surface area contributed by atoms with Crippen LogP contribution in [0.5, 0.6) is 0 Å². The molecule has 1 aromatic heterocycles. The maximum atomic E-state index is 12.6. The maximum Gasteiger partial charge on any atom is 0.276 e. The van der Waals surface area contributed by atoms with Crippen molar-refractivity contribution < 1.29 is 9.59 Å². The Morgan fingerprint density at radius 2 is 1.67 bits per heavy atom. The highest BCUT2D eigenvalue weighted by Crippen LogP contribution is 2.19. The highest BCUT2D eigenvalue weighted by atomic mass is 35.5. The summed E-state index contributed by atoms with van der Waals surface area (Å²) in [4.78, 5) is 27.1. The summed E-state index contributed by atoms with van der Waals surface area (Å²) in [5.74, 6) is -0.233. The highest BCUT2D eigenvalue weighted by Gasteiger charge is 2.21. The monoisotopic (exact) mass is 432 g/mol. The van der Waals surface area contributed by atoms with Gasteiger partial charge in [-0.05, 0) is 50.2 Å². The van der Waals surface area contributed by atoms with E-state index in [0.717, 1.165) is 55.8 Å². The number of H-pyrrole nitrogens is 1. The molecule has 2 amide bonds. The molecule has 2 aromatic rings. The zero-order valence-corrected chi connectivity index (χ0v) is 17.8. The van der Waals surface area contributed by atoms with Gasteiger partial charge in [0.25, 0.3) is 5.91 Å². The van der Waals surface area contributed by atoms with Gasteiger partial charge in [0.15, 0.2) is 5.69 Å². The number of halogens is 1. The molecule has 0 saturated carbocycles. The van der Waals surface area contributed by atoms with Gasteiger partial charge in [-0.2, -0.15) is 5.10 Å². The van der Waals surface area contributed by atoms with E-state index in [-0.39, 0.29) is 24.2 Å². The molecule has 0 spiro atoms. The van der Waals surface area contributed by atoms with Crippen molar-refractivity contribution in [3.63, 3.8) is 0 Å². The Morgan fingerprint density at radius 3 is 2.37 bits per heavy atom. The Morgan fingerprint density at radius 1 is 1.00 bits per heavy atom. The molecule has 8 nitrogen and oxygen atoms in total. The van der Waals surface area contributed by atoms with E-state index in [1.807, 2.05) is 0 Å². The minimum Gasteiger partial charge on any atom is -0.325 e. The van der Waals surface area contributed by atoms with Crippen LogP contribution in [0, 0.1) is 0 Å². The van der Waals surface area contributed by atoms with E-state index in [1.165, 1.54) is 12.8 Å². The highest BCUT2D eigenvalue weighted by molar-refractivity contribution is 6.04. The van der Waals surface area contributed by atoms with Crippen LogP contribution in [0.1, 0.15) is 47.4 Å². The number of aromatic amines is 1. The van der Waals surface area contributed by atoms with Crippen LogP contribution >= 0.6 is 12.4 Å². The summed E-state index contributed by atoms with van der Waals surface area (Å²) in [6, 6.07) is 7.18. The third-order valence-electron chi connectivity index (χ3n) is 5.51. The lowest BCUT2D eigenvalue weighted by molar-refractivity contribution is -0.117. The third kappa shape index (κ3) is 5.59. The second-order valence-electron chi connectivity index (χ2n) is 7.73. The van der Waals surface area contributed by atoms with Gasteiger partial charge in [-0.1, -0.05) is 12.8 Å². The number of rotatable bonds is 5. The zero-order valence-electron chi connectivity index (χ0n) is 17.0. The number of hydrogen-bond donors (Lipinski definition) is 4. The SMILES string of the molecule is Cl.O=C(CN1CCCCCC1)Nc1ccc(NC(=O)c2n[nH]c3c2CNCC3)cc1. The summed E-state index contributed by atoms with van der Waals surface area (Å²) in [6.07, 6.45) is 5.68. The van der Waals surface area contributed by atoms with Crippen molar-refractivity contribution in [3.05, 3.63) is 41.2 Å². The predicted octanol–water partition coefficient (Wildman–Crippen LogP) is 2.54. The van der Waals surface area contributed by atoms with Crippen LogP contribution in [0.15, 0.2) is 24.3 Å². The number of hydrogen-bond acceptors (Lipinski definition) is 5. The van der Waals surface area contributed by atoms with Gasteiger partial charge in [0.05, 0.1) is 6.54 Å². The Labute approximate surface area is 182 Å².